The van der Waals surface area contributed by atoms with E-state index in [0.29, 0.717) is 17.8 Å². The third-order valence-electron chi connectivity index (χ3n) is 4.42. The number of hydrogen-bond acceptors (Lipinski definition) is 4. The number of benzene rings is 1. The van der Waals surface area contributed by atoms with Crippen LogP contribution in [0.2, 0.25) is 0 Å². The van der Waals surface area contributed by atoms with E-state index >= 15 is 0 Å². The minimum Gasteiger partial charge on any atom is -0.326 e. The third-order valence-corrected chi connectivity index (χ3v) is 4.42. The summed E-state index contributed by atoms with van der Waals surface area (Å²) in [6, 6.07) is 6.49. The van der Waals surface area contributed by atoms with Crippen molar-refractivity contribution < 1.29 is 14.4 Å². The first-order valence-electron chi connectivity index (χ1n) is 7.75. The first kappa shape index (κ1) is 15.5. The fourth-order valence-electron chi connectivity index (χ4n) is 2.97. The second kappa shape index (κ2) is 6.00. The molecule has 2 atom stereocenters. The van der Waals surface area contributed by atoms with Crippen molar-refractivity contribution in [2.45, 2.75) is 25.3 Å². The average Bonchev–Trinajstić information content (AvgIpc) is 2.82. The van der Waals surface area contributed by atoms with Crippen LogP contribution in [0.5, 0.6) is 0 Å². The van der Waals surface area contributed by atoms with Crippen molar-refractivity contribution in [1.29, 1.82) is 0 Å². The van der Waals surface area contributed by atoms with Crippen LogP contribution in [0.1, 0.15) is 25.3 Å². The number of carbonyl (C=O) groups is 3. The molecule has 3 rings (SSSR count). The molecule has 2 saturated heterocycles. The Morgan fingerprint density at radius 3 is 2.83 bits per heavy atom. The van der Waals surface area contributed by atoms with Crippen LogP contribution in [-0.4, -0.2) is 30.9 Å². The van der Waals surface area contributed by atoms with Crippen molar-refractivity contribution in [1.82, 2.24) is 16.0 Å². The van der Waals surface area contributed by atoms with E-state index in [-0.39, 0.29) is 11.8 Å². The van der Waals surface area contributed by atoms with Gasteiger partial charge in [-0.25, -0.2) is 4.79 Å². The molecule has 23 heavy (non-hydrogen) atoms. The molecule has 0 spiro atoms. The van der Waals surface area contributed by atoms with Crippen LogP contribution in [0.4, 0.5) is 10.5 Å². The monoisotopic (exact) mass is 316 g/mol. The van der Waals surface area contributed by atoms with E-state index in [1.807, 2.05) is 0 Å². The molecule has 7 heteroatoms. The highest BCUT2D eigenvalue weighted by Gasteiger charge is 2.43. The van der Waals surface area contributed by atoms with Crippen molar-refractivity contribution in [3.63, 3.8) is 0 Å². The summed E-state index contributed by atoms with van der Waals surface area (Å²) >= 11 is 0. The highest BCUT2D eigenvalue weighted by molar-refractivity contribution is 6.07. The lowest BCUT2D eigenvalue weighted by atomic mass is 9.92. The van der Waals surface area contributed by atoms with Gasteiger partial charge in [-0.15, -0.1) is 0 Å². The molecule has 0 aliphatic carbocycles. The summed E-state index contributed by atoms with van der Waals surface area (Å²) in [5.74, 6) is -0.473. The minimum atomic E-state index is -1.12. The number of nitrogens with one attached hydrogen (secondary N) is 4. The average molecular weight is 316 g/mol. The van der Waals surface area contributed by atoms with Gasteiger partial charge in [0.1, 0.15) is 5.54 Å². The van der Waals surface area contributed by atoms with Gasteiger partial charge in [0.2, 0.25) is 5.91 Å². The summed E-state index contributed by atoms with van der Waals surface area (Å²) in [6.07, 6.45) is 1.86. The lowest BCUT2D eigenvalue weighted by Gasteiger charge is -2.23. The van der Waals surface area contributed by atoms with E-state index in [1.165, 1.54) is 0 Å². The van der Waals surface area contributed by atoms with E-state index in [4.69, 9.17) is 0 Å². The summed E-state index contributed by atoms with van der Waals surface area (Å²) < 4.78 is 0. The van der Waals surface area contributed by atoms with E-state index in [2.05, 4.69) is 21.3 Å². The third kappa shape index (κ3) is 3.05. The smallest absolute Gasteiger partial charge is 0.322 e. The Morgan fingerprint density at radius 1 is 1.35 bits per heavy atom. The Hall–Kier alpha value is -2.41. The molecular weight excluding hydrogens is 296 g/mol. The van der Waals surface area contributed by atoms with Gasteiger partial charge >= 0.3 is 6.03 Å². The predicted molar refractivity (Wildman–Crippen MR) is 84.7 cm³/mol. The molecule has 0 saturated carbocycles. The fraction of sp³-hybridized carbons (Fsp3) is 0.438. The zero-order chi connectivity index (χ0) is 16.4. The van der Waals surface area contributed by atoms with E-state index < -0.39 is 17.5 Å². The van der Waals surface area contributed by atoms with Crippen molar-refractivity contribution >= 4 is 23.5 Å². The van der Waals surface area contributed by atoms with Crippen LogP contribution in [-0.2, 0) is 15.1 Å². The molecule has 1 aromatic rings. The number of piperidine rings is 1. The van der Waals surface area contributed by atoms with Crippen LogP contribution in [0.3, 0.4) is 0 Å². The van der Waals surface area contributed by atoms with Gasteiger partial charge in [-0.3, -0.25) is 14.9 Å². The molecule has 0 radical (unpaired) electrons. The van der Waals surface area contributed by atoms with Gasteiger partial charge < -0.3 is 16.0 Å². The first-order chi connectivity index (χ1) is 11.0. The number of anilines is 1. The second-order valence-electron chi connectivity index (χ2n) is 6.15. The molecule has 2 fully saturated rings. The minimum absolute atomic E-state index is 0.0283. The molecule has 122 valence electrons. The molecule has 0 bridgehead atoms. The van der Waals surface area contributed by atoms with Gasteiger partial charge in [-0.1, -0.05) is 12.1 Å². The number of rotatable bonds is 3. The summed E-state index contributed by atoms with van der Waals surface area (Å²) in [5.41, 5.74) is 0.123. The first-order valence-corrected chi connectivity index (χ1v) is 7.75. The quantitative estimate of drug-likeness (QED) is 0.616. The van der Waals surface area contributed by atoms with Gasteiger partial charge in [0.25, 0.3) is 5.91 Å². The molecular formula is C16H20N4O3. The van der Waals surface area contributed by atoms with Crippen molar-refractivity contribution in [2.75, 3.05) is 18.4 Å². The van der Waals surface area contributed by atoms with Crippen LogP contribution in [0.25, 0.3) is 0 Å². The van der Waals surface area contributed by atoms with Crippen LogP contribution in [0, 0.1) is 5.92 Å². The normalized spacial score (nSPS) is 27.3. The van der Waals surface area contributed by atoms with Crippen molar-refractivity contribution in [2.24, 2.45) is 5.92 Å². The summed E-state index contributed by atoms with van der Waals surface area (Å²) in [7, 11) is 0. The largest absolute Gasteiger partial charge is 0.326 e. The van der Waals surface area contributed by atoms with Gasteiger partial charge in [-0.05, 0) is 44.0 Å². The second-order valence-corrected chi connectivity index (χ2v) is 6.15. The van der Waals surface area contributed by atoms with Gasteiger partial charge in [-0.2, -0.15) is 0 Å². The summed E-state index contributed by atoms with van der Waals surface area (Å²) in [6.45, 7) is 3.27. The number of amides is 4. The SMILES string of the molecule is CC1(c2cccc(NC(=O)C3CCCNC3)c2)NC(=O)NC1=O. The summed E-state index contributed by atoms with van der Waals surface area (Å²) in [5, 5.41) is 11.0. The highest BCUT2D eigenvalue weighted by Crippen LogP contribution is 2.26. The van der Waals surface area contributed by atoms with Gasteiger partial charge in [0.15, 0.2) is 0 Å². The van der Waals surface area contributed by atoms with Gasteiger partial charge in [0.05, 0.1) is 5.92 Å². The zero-order valence-corrected chi connectivity index (χ0v) is 12.9. The standard InChI is InChI=1S/C16H20N4O3/c1-16(14(22)19-15(23)20-16)11-5-2-6-12(8-11)18-13(21)10-4-3-7-17-9-10/h2,5-6,8,10,17H,3-4,7,9H2,1H3,(H,18,21)(H2,19,20,22,23). The molecule has 2 unspecified atom stereocenters. The lowest BCUT2D eigenvalue weighted by molar-refractivity contribution is -0.123. The Balaban J connectivity index is 1.76. The molecule has 4 N–H and O–H groups in total. The van der Waals surface area contributed by atoms with Gasteiger partial charge in [0, 0.05) is 12.2 Å². The topological polar surface area (TPSA) is 99.3 Å². The molecule has 2 heterocycles. The molecule has 1 aromatic carbocycles. The zero-order valence-electron chi connectivity index (χ0n) is 12.9. The van der Waals surface area contributed by atoms with E-state index in [0.717, 1.165) is 19.4 Å². The maximum atomic E-state index is 12.3. The molecule has 7 nitrogen and oxygen atoms in total. The number of carbonyl (C=O) groups excluding carboxylic acids is 3. The molecule has 2 aliphatic heterocycles. The van der Waals surface area contributed by atoms with Crippen LogP contribution >= 0.6 is 0 Å². The molecule has 4 amide bonds. The fourth-order valence-corrected chi connectivity index (χ4v) is 2.97. The van der Waals surface area contributed by atoms with Crippen molar-refractivity contribution in [3.8, 4) is 0 Å². The number of hydrogen-bond donors (Lipinski definition) is 4. The Morgan fingerprint density at radius 2 is 2.17 bits per heavy atom. The van der Waals surface area contributed by atoms with E-state index in [1.54, 1.807) is 31.2 Å². The predicted octanol–water partition coefficient (Wildman–Crippen LogP) is 0.679. The van der Waals surface area contributed by atoms with Crippen LogP contribution < -0.4 is 21.3 Å². The maximum Gasteiger partial charge on any atom is 0.322 e. The number of imide groups is 1. The Labute approximate surface area is 134 Å². The number of urea groups is 1. The van der Waals surface area contributed by atoms with Crippen molar-refractivity contribution in [3.05, 3.63) is 29.8 Å². The Kier molecular flexibility index (Phi) is 4.04. The summed E-state index contributed by atoms with van der Waals surface area (Å²) in [4.78, 5) is 35.7. The van der Waals surface area contributed by atoms with E-state index in [9.17, 15) is 14.4 Å². The lowest BCUT2D eigenvalue weighted by Crippen LogP contribution is -2.40. The molecule has 0 aromatic heterocycles. The van der Waals surface area contributed by atoms with Crippen LogP contribution in [0.15, 0.2) is 24.3 Å². The Bertz CT molecular complexity index is 654. The molecule has 2 aliphatic rings. The maximum absolute atomic E-state index is 12.3. The highest BCUT2D eigenvalue weighted by atomic mass is 16.2.